The molecule has 3 aliphatic heterocycles. The van der Waals surface area contributed by atoms with E-state index in [-0.39, 0.29) is 41.8 Å². The number of aliphatic hydroxyl groups excluding tert-OH is 1. The molecule has 0 aromatic carbocycles. The summed E-state index contributed by atoms with van der Waals surface area (Å²) in [6.45, 7) is 8.50. The number of carbonyl (C=O) groups is 2. The third-order valence-electron chi connectivity index (χ3n) is 6.54. The van der Waals surface area contributed by atoms with Gasteiger partial charge in [-0.15, -0.1) is 0 Å². The van der Waals surface area contributed by atoms with E-state index in [9.17, 15) is 14.7 Å². The molecule has 8 nitrogen and oxygen atoms in total. The van der Waals surface area contributed by atoms with E-state index in [0.29, 0.717) is 37.3 Å². The fraction of sp³-hybridized carbons (Fsp3) is 0.737. The highest BCUT2D eigenvalue weighted by molar-refractivity contribution is 5.96. The predicted octanol–water partition coefficient (Wildman–Crippen LogP) is -0.0997. The van der Waals surface area contributed by atoms with Crippen molar-refractivity contribution in [1.29, 1.82) is 0 Å². The quantitative estimate of drug-likeness (QED) is 0.697. The third kappa shape index (κ3) is 2.90. The third-order valence-corrected chi connectivity index (χ3v) is 6.54. The molecule has 3 aliphatic rings. The molecule has 8 heteroatoms. The number of carbonyl (C=O) groups excluding carboxylic acids is 2. The Balaban J connectivity index is 1.42. The minimum Gasteiger partial charge on any atom is -0.396 e. The van der Waals surface area contributed by atoms with Crippen LogP contribution in [0.5, 0.6) is 0 Å². The lowest BCUT2D eigenvalue weighted by atomic mass is 9.83. The molecule has 0 aliphatic carbocycles. The standard InChI is InChI=1S/C19H28N4O4/c1-11-18(13(3)25)12(2)23(21-11)5-4-17(26)22-7-15-14(8-24)16-6-20-9-19(15,10-22)27-16/h14-16,20,24H,4-10H2,1-3H3/t14-,15+,16+,19+/m0/s1. The van der Waals surface area contributed by atoms with E-state index in [1.165, 1.54) is 6.92 Å². The number of amides is 1. The summed E-state index contributed by atoms with van der Waals surface area (Å²) in [7, 11) is 0. The van der Waals surface area contributed by atoms with Crippen molar-refractivity contribution < 1.29 is 19.4 Å². The van der Waals surface area contributed by atoms with Crippen LogP contribution in [0.3, 0.4) is 0 Å². The van der Waals surface area contributed by atoms with E-state index in [4.69, 9.17) is 4.74 Å². The maximum Gasteiger partial charge on any atom is 0.224 e. The predicted molar refractivity (Wildman–Crippen MR) is 97.4 cm³/mol. The van der Waals surface area contributed by atoms with Crippen LogP contribution in [0, 0.1) is 25.7 Å². The Morgan fingerprint density at radius 1 is 1.41 bits per heavy atom. The van der Waals surface area contributed by atoms with Crippen LogP contribution < -0.4 is 5.32 Å². The van der Waals surface area contributed by atoms with Crippen molar-refractivity contribution >= 4 is 11.7 Å². The number of Topliss-reactive ketones (excluding diaryl/α,β-unsaturated/α-hetero) is 1. The van der Waals surface area contributed by atoms with Crippen LogP contribution in [0.2, 0.25) is 0 Å². The molecule has 4 rings (SSSR count). The van der Waals surface area contributed by atoms with Gasteiger partial charge in [-0.2, -0.15) is 5.10 Å². The van der Waals surface area contributed by atoms with Gasteiger partial charge in [-0.25, -0.2) is 0 Å². The zero-order chi connectivity index (χ0) is 19.3. The lowest BCUT2D eigenvalue weighted by Crippen LogP contribution is -2.52. The number of rotatable bonds is 5. The summed E-state index contributed by atoms with van der Waals surface area (Å²) in [6, 6.07) is 0. The smallest absolute Gasteiger partial charge is 0.224 e. The Labute approximate surface area is 158 Å². The molecular weight excluding hydrogens is 348 g/mol. The molecule has 3 saturated heterocycles. The first-order valence-electron chi connectivity index (χ1n) is 9.68. The topological polar surface area (TPSA) is 96.7 Å². The molecule has 0 radical (unpaired) electrons. The summed E-state index contributed by atoms with van der Waals surface area (Å²) >= 11 is 0. The molecule has 1 amide bonds. The van der Waals surface area contributed by atoms with E-state index in [2.05, 4.69) is 10.4 Å². The number of ether oxygens (including phenoxy) is 1. The number of fused-ring (bicyclic) bond motifs is 1. The number of likely N-dealkylation sites (tertiary alicyclic amines) is 1. The second-order valence-electron chi connectivity index (χ2n) is 8.15. The Hall–Kier alpha value is -1.77. The first-order valence-corrected chi connectivity index (χ1v) is 9.68. The number of ketones is 1. The Bertz CT molecular complexity index is 776. The average Bonchev–Trinajstić information content (AvgIpc) is 3.17. The van der Waals surface area contributed by atoms with Gasteiger partial charge < -0.3 is 20.1 Å². The molecule has 1 spiro atoms. The van der Waals surface area contributed by atoms with Gasteiger partial charge in [0, 0.05) is 56.7 Å². The summed E-state index contributed by atoms with van der Waals surface area (Å²) in [5.41, 5.74) is 1.81. The molecule has 1 aromatic rings. The fourth-order valence-electron chi connectivity index (χ4n) is 5.27. The first-order chi connectivity index (χ1) is 12.9. The number of morpholine rings is 1. The number of hydrogen-bond donors (Lipinski definition) is 2. The molecule has 4 atom stereocenters. The van der Waals surface area contributed by atoms with Crippen molar-refractivity contribution in [3.8, 4) is 0 Å². The van der Waals surface area contributed by atoms with Crippen molar-refractivity contribution in [2.24, 2.45) is 11.8 Å². The van der Waals surface area contributed by atoms with Gasteiger partial charge in [0.05, 0.1) is 23.9 Å². The van der Waals surface area contributed by atoms with E-state index in [1.54, 1.807) is 4.68 Å². The van der Waals surface area contributed by atoms with Crippen molar-refractivity contribution in [2.45, 2.75) is 45.4 Å². The summed E-state index contributed by atoms with van der Waals surface area (Å²) in [6.07, 6.45) is 0.383. The van der Waals surface area contributed by atoms with Gasteiger partial charge in [0.25, 0.3) is 0 Å². The molecule has 2 N–H and O–H groups in total. The Morgan fingerprint density at radius 2 is 2.19 bits per heavy atom. The molecule has 148 valence electrons. The van der Waals surface area contributed by atoms with Crippen LogP contribution >= 0.6 is 0 Å². The number of nitrogens with one attached hydrogen (secondary N) is 1. The summed E-state index contributed by atoms with van der Waals surface area (Å²) < 4.78 is 8.00. The molecule has 2 bridgehead atoms. The number of aryl methyl sites for hydroxylation is 2. The van der Waals surface area contributed by atoms with E-state index in [0.717, 1.165) is 18.8 Å². The number of nitrogens with zero attached hydrogens (tertiary/aromatic N) is 3. The van der Waals surface area contributed by atoms with E-state index in [1.807, 2.05) is 18.7 Å². The van der Waals surface area contributed by atoms with Gasteiger partial charge in [0.15, 0.2) is 5.78 Å². The summed E-state index contributed by atoms with van der Waals surface area (Å²) in [5, 5.41) is 17.6. The normalized spacial score (nSPS) is 32.0. The lowest BCUT2D eigenvalue weighted by Gasteiger charge is -2.33. The van der Waals surface area contributed by atoms with Crippen LogP contribution in [0.4, 0.5) is 0 Å². The SMILES string of the molecule is CC(=O)c1c(C)nn(CCC(=O)N2C[C@@H]3[C@H](CO)[C@H]4CNC[C@]3(C2)O4)c1C. The highest BCUT2D eigenvalue weighted by Crippen LogP contribution is 2.47. The van der Waals surface area contributed by atoms with Crippen LogP contribution in [0.25, 0.3) is 0 Å². The molecule has 27 heavy (non-hydrogen) atoms. The Kier molecular flexibility index (Phi) is 4.60. The van der Waals surface area contributed by atoms with Crippen LogP contribution in [-0.4, -0.2) is 76.0 Å². The zero-order valence-electron chi connectivity index (χ0n) is 16.2. The fourth-order valence-corrected chi connectivity index (χ4v) is 5.27. The monoisotopic (exact) mass is 376 g/mol. The molecular formula is C19H28N4O4. The minimum absolute atomic E-state index is 0.000548. The van der Waals surface area contributed by atoms with Gasteiger partial charge in [0.1, 0.15) is 5.60 Å². The number of aromatic nitrogens is 2. The van der Waals surface area contributed by atoms with E-state index >= 15 is 0 Å². The van der Waals surface area contributed by atoms with Crippen molar-refractivity contribution in [3.05, 3.63) is 17.0 Å². The van der Waals surface area contributed by atoms with Crippen LogP contribution in [0.1, 0.15) is 35.1 Å². The zero-order valence-corrected chi connectivity index (χ0v) is 16.2. The Morgan fingerprint density at radius 3 is 2.85 bits per heavy atom. The van der Waals surface area contributed by atoms with E-state index < -0.39 is 0 Å². The van der Waals surface area contributed by atoms with Crippen LogP contribution in [-0.2, 0) is 16.1 Å². The second-order valence-corrected chi connectivity index (χ2v) is 8.15. The summed E-state index contributed by atoms with van der Waals surface area (Å²) in [4.78, 5) is 26.4. The highest BCUT2D eigenvalue weighted by atomic mass is 16.5. The van der Waals surface area contributed by atoms with Crippen molar-refractivity contribution in [2.75, 3.05) is 32.8 Å². The van der Waals surface area contributed by atoms with Crippen molar-refractivity contribution in [3.63, 3.8) is 0 Å². The first kappa shape index (κ1) is 18.6. The average molecular weight is 376 g/mol. The molecule has 1 aromatic heterocycles. The van der Waals surface area contributed by atoms with Gasteiger partial charge >= 0.3 is 0 Å². The maximum atomic E-state index is 12.8. The molecule has 4 heterocycles. The summed E-state index contributed by atoms with van der Waals surface area (Å²) in [5.74, 6) is 0.343. The van der Waals surface area contributed by atoms with Gasteiger partial charge in [-0.3, -0.25) is 14.3 Å². The molecule has 3 fully saturated rings. The largest absolute Gasteiger partial charge is 0.396 e. The van der Waals surface area contributed by atoms with Gasteiger partial charge in [-0.05, 0) is 20.8 Å². The lowest BCUT2D eigenvalue weighted by molar-refractivity contribution is -0.134. The van der Waals surface area contributed by atoms with Crippen LogP contribution in [0.15, 0.2) is 0 Å². The van der Waals surface area contributed by atoms with Gasteiger partial charge in [0.2, 0.25) is 5.91 Å². The van der Waals surface area contributed by atoms with Gasteiger partial charge in [-0.1, -0.05) is 0 Å². The maximum absolute atomic E-state index is 12.8. The van der Waals surface area contributed by atoms with Crippen molar-refractivity contribution in [1.82, 2.24) is 20.0 Å². The highest BCUT2D eigenvalue weighted by Gasteiger charge is 2.61. The number of aliphatic hydroxyl groups is 1. The second kappa shape index (κ2) is 6.68. The molecule has 0 unspecified atom stereocenters. The molecule has 0 saturated carbocycles. The number of hydrogen-bond acceptors (Lipinski definition) is 6. The minimum atomic E-state index is -0.355.